The van der Waals surface area contributed by atoms with Gasteiger partial charge in [0.25, 0.3) is 21.6 Å². The maximum Gasteiger partial charge on any atom is 0.293 e. The smallest absolute Gasteiger partial charge is 0.293 e. The van der Waals surface area contributed by atoms with Crippen molar-refractivity contribution in [1.82, 2.24) is 9.71 Å². The molecule has 4 aromatic rings. The van der Waals surface area contributed by atoms with Crippen LogP contribution in [0.2, 0.25) is 0 Å². The van der Waals surface area contributed by atoms with Gasteiger partial charge in [0.05, 0.1) is 21.5 Å². The number of rotatable bonds is 9. The number of aliphatic hydroxyl groups excluding tert-OH is 1. The fourth-order valence-corrected chi connectivity index (χ4v) is 5.80. The molecular formula is C28H27FN4O7S. The van der Waals surface area contributed by atoms with Crippen LogP contribution in [0, 0.1) is 21.8 Å². The Morgan fingerprint density at radius 1 is 1.07 bits per heavy atom. The molecule has 1 aromatic heterocycles. The highest BCUT2D eigenvalue weighted by Crippen LogP contribution is 2.32. The highest BCUT2D eigenvalue weighted by atomic mass is 32.2. The lowest BCUT2D eigenvalue weighted by Crippen LogP contribution is -2.31. The molecule has 1 aliphatic rings. The molecule has 214 valence electrons. The maximum absolute atomic E-state index is 14.6. The quantitative estimate of drug-likeness (QED) is 0.157. The molecule has 0 radical (unpaired) electrons. The number of amides is 1. The van der Waals surface area contributed by atoms with Crippen LogP contribution in [0.3, 0.4) is 0 Å². The predicted octanol–water partition coefficient (Wildman–Crippen LogP) is 5.09. The first-order valence-electron chi connectivity index (χ1n) is 12.9. The van der Waals surface area contributed by atoms with Crippen LogP contribution in [0.15, 0.2) is 71.8 Å². The minimum atomic E-state index is -4.53. The number of aromatic nitrogens is 1. The zero-order valence-electron chi connectivity index (χ0n) is 21.7. The molecule has 0 atom stereocenters. The fourth-order valence-electron chi connectivity index (χ4n) is 4.81. The number of hydrogen-bond donors (Lipinski definition) is 4. The van der Waals surface area contributed by atoms with Crippen LogP contribution in [-0.4, -0.2) is 42.0 Å². The summed E-state index contributed by atoms with van der Waals surface area (Å²) in [6.45, 7) is 0.435. The third-order valence-electron chi connectivity index (χ3n) is 7.06. The van der Waals surface area contributed by atoms with E-state index in [0.717, 1.165) is 18.9 Å². The number of nitrogens with one attached hydrogen (secondary N) is 3. The highest BCUT2D eigenvalue weighted by Gasteiger charge is 2.26. The first-order chi connectivity index (χ1) is 19.6. The number of carbonyl (C=O) groups excluding carboxylic acids is 1. The van der Waals surface area contributed by atoms with E-state index in [2.05, 4.69) is 10.3 Å². The standard InChI is InChI=1S/C28H27FN4O7S/c29-22-15-24-18(11-12-30-24)13-27(22)40-26-4-2-1-3-21(26)28(35)32-41(38,39)20-9-10-23(25(14-20)33(36)37)31-16-17-5-7-19(34)8-6-17/h1-4,9-15,17,19,30-31,34H,5-8,16H2,(H,32,35). The predicted molar refractivity (Wildman–Crippen MR) is 149 cm³/mol. The molecule has 0 unspecified atom stereocenters. The van der Waals surface area contributed by atoms with Gasteiger partial charge in [-0.15, -0.1) is 0 Å². The summed E-state index contributed by atoms with van der Waals surface area (Å²) in [7, 11) is -4.53. The molecule has 0 spiro atoms. The zero-order valence-corrected chi connectivity index (χ0v) is 22.5. The average Bonchev–Trinajstić information content (AvgIpc) is 3.40. The number of halogens is 1. The second-order valence-corrected chi connectivity index (χ2v) is 11.6. The van der Waals surface area contributed by atoms with Crippen LogP contribution in [0.1, 0.15) is 36.0 Å². The van der Waals surface area contributed by atoms with Crippen LogP contribution in [0.5, 0.6) is 11.5 Å². The van der Waals surface area contributed by atoms with Gasteiger partial charge in [0.2, 0.25) is 0 Å². The van der Waals surface area contributed by atoms with Crippen molar-refractivity contribution < 1.29 is 32.4 Å². The number of H-pyrrole nitrogens is 1. The summed E-state index contributed by atoms with van der Waals surface area (Å²) in [5.74, 6) is -1.78. The van der Waals surface area contributed by atoms with Crippen molar-refractivity contribution in [2.75, 3.05) is 11.9 Å². The topological polar surface area (TPSA) is 164 Å². The summed E-state index contributed by atoms with van der Waals surface area (Å²) in [6, 6.07) is 13.5. The second-order valence-electron chi connectivity index (χ2n) is 9.87. The minimum Gasteiger partial charge on any atom is -0.453 e. The van der Waals surface area contributed by atoms with E-state index in [1.54, 1.807) is 12.3 Å². The van der Waals surface area contributed by atoms with E-state index in [1.807, 2.05) is 4.72 Å². The monoisotopic (exact) mass is 582 g/mol. The summed E-state index contributed by atoms with van der Waals surface area (Å²) in [4.78, 5) is 26.5. The molecule has 1 aliphatic carbocycles. The Labute approximate surface area is 234 Å². The summed E-state index contributed by atoms with van der Waals surface area (Å²) < 4.78 is 48.3. The molecule has 4 N–H and O–H groups in total. The highest BCUT2D eigenvalue weighted by molar-refractivity contribution is 7.90. The Balaban J connectivity index is 1.33. The molecule has 3 aromatic carbocycles. The Morgan fingerprint density at radius 2 is 1.83 bits per heavy atom. The van der Waals surface area contributed by atoms with Gasteiger partial charge in [0, 0.05) is 35.8 Å². The van der Waals surface area contributed by atoms with Gasteiger partial charge in [-0.1, -0.05) is 12.1 Å². The number of fused-ring (bicyclic) bond motifs is 1. The molecule has 0 bridgehead atoms. The third kappa shape index (κ3) is 6.31. The van der Waals surface area contributed by atoms with E-state index < -0.39 is 37.3 Å². The lowest BCUT2D eigenvalue weighted by Gasteiger charge is -2.25. The Hall–Kier alpha value is -4.49. The number of carbonyl (C=O) groups is 1. The molecule has 0 saturated heterocycles. The van der Waals surface area contributed by atoms with Crippen LogP contribution < -0.4 is 14.8 Å². The summed E-state index contributed by atoms with van der Waals surface area (Å²) >= 11 is 0. The number of sulfonamides is 1. The van der Waals surface area contributed by atoms with E-state index in [-0.39, 0.29) is 34.8 Å². The van der Waals surface area contributed by atoms with Gasteiger partial charge in [-0.25, -0.2) is 17.5 Å². The summed E-state index contributed by atoms with van der Waals surface area (Å²) in [5.41, 5.74) is 0.0493. The minimum absolute atomic E-state index is 0.0882. The van der Waals surface area contributed by atoms with Gasteiger partial charge in [-0.3, -0.25) is 14.9 Å². The lowest BCUT2D eigenvalue weighted by atomic mass is 9.87. The van der Waals surface area contributed by atoms with E-state index in [4.69, 9.17) is 4.74 Å². The van der Waals surface area contributed by atoms with Crippen molar-refractivity contribution in [3.63, 3.8) is 0 Å². The molecule has 41 heavy (non-hydrogen) atoms. The maximum atomic E-state index is 14.6. The van der Waals surface area contributed by atoms with Crippen molar-refractivity contribution in [3.8, 4) is 11.5 Å². The van der Waals surface area contributed by atoms with Crippen LogP contribution in [0.4, 0.5) is 15.8 Å². The molecule has 5 rings (SSSR count). The zero-order chi connectivity index (χ0) is 29.1. The summed E-state index contributed by atoms with van der Waals surface area (Å²) in [6.07, 6.45) is 4.19. The third-order valence-corrected chi connectivity index (χ3v) is 8.39. The average molecular weight is 583 g/mol. The number of anilines is 1. The van der Waals surface area contributed by atoms with Gasteiger partial charge in [-0.05, 0) is 68.0 Å². The molecule has 1 saturated carbocycles. The molecule has 1 amide bonds. The van der Waals surface area contributed by atoms with E-state index in [0.29, 0.717) is 30.3 Å². The number of hydrogen-bond acceptors (Lipinski definition) is 8. The Bertz CT molecular complexity index is 1720. The van der Waals surface area contributed by atoms with Crippen LogP contribution >= 0.6 is 0 Å². The van der Waals surface area contributed by atoms with Crippen LogP contribution in [-0.2, 0) is 10.0 Å². The van der Waals surface area contributed by atoms with Crippen molar-refractivity contribution in [2.45, 2.75) is 36.7 Å². The molecular weight excluding hydrogens is 555 g/mol. The largest absolute Gasteiger partial charge is 0.453 e. The number of benzene rings is 3. The number of aliphatic hydroxyl groups is 1. The van der Waals surface area contributed by atoms with E-state index in [1.165, 1.54) is 48.5 Å². The normalized spacial score (nSPS) is 17.2. The second kappa shape index (κ2) is 11.6. The van der Waals surface area contributed by atoms with Crippen molar-refractivity contribution >= 4 is 38.2 Å². The van der Waals surface area contributed by atoms with E-state index in [9.17, 15) is 32.8 Å². The van der Waals surface area contributed by atoms with Crippen molar-refractivity contribution in [3.05, 3.63) is 88.4 Å². The van der Waals surface area contributed by atoms with Crippen LogP contribution in [0.25, 0.3) is 10.9 Å². The SMILES string of the molecule is O=C(NS(=O)(=O)c1ccc(NCC2CCC(O)CC2)c([N+](=O)[O-])c1)c1ccccc1Oc1cc2cc[nH]c2cc1F. The fraction of sp³-hybridized carbons (Fsp3) is 0.250. The number of para-hydroxylation sites is 1. The number of nitro benzene ring substituents is 1. The number of nitrogens with zero attached hydrogens (tertiary/aromatic N) is 1. The van der Waals surface area contributed by atoms with E-state index >= 15 is 0 Å². The first kappa shape index (κ1) is 28.1. The van der Waals surface area contributed by atoms with Gasteiger partial charge in [0.1, 0.15) is 11.4 Å². The Morgan fingerprint density at radius 3 is 2.59 bits per heavy atom. The van der Waals surface area contributed by atoms with Gasteiger partial charge in [-0.2, -0.15) is 0 Å². The van der Waals surface area contributed by atoms with Gasteiger partial charge < -0.3 is 20.1 Å². The first-order valence-corrected chi connectivity index (χ1v) is 14.4. The lowest BCUT2D eigenvalue weighted by molar-refractivity contribution is -0.384. The summed E-state index contributed by atoms with van der Waals surface area (Å²) in [5, 5.41) is 25.1. The molecule has 1 fully saturated rings. The molecule has 13 heteroatoms. The number of ether oxygens (including phenoxy) is 1. The van der Waals surface area contributed by atoms with Crippen molar-refractivity contribution in [2.24, 2.45) is 5.92 Å². The van der Waals surface area contributed by atoms with Gasteiger partial charge >= 0.3 is 0 Å². The number of nitro groups is 1. The number of aromatic amines is 1. The molecule has 0 aliphatic heterocycles. The molecule has 1 heterocycles. The molecule has 11 nitrogen and oxygen atoms in total. The Kier molecular flexibility index (Phi) is 7.90. The van der Waals surface area contributed by atoms with Gasteiger partial charge in [0.15, 0.2) is 11.6 Å². The van der Waals surface area contributed by atoms with Crippen molar-refractivity contribution in [1.29, 1.82) is 0 Å².